The summed E-state index contributed by atoms with van der Waals surface area (Å²) < 4.78 is 5.39. The molecule has 102 valence electrons. The summed E-state index contributed by atoms with van der Waals surface area (Å²) in [6, 6.07) is 0.493. The lowest BCUT2D eigenvalue weighted by Crippen LogP contribution is -2.49. The molecule has 1 aliphatic carbocycles. The maximum atomic E-state index is 9.30. The highest BCUT2D eigenvalue weighted by Crippen LogP contribution is 2.40. The maximum Gasteiger partial charge on any atom is 0.0685 e. The van der Waals surface area contributed by atoms with Gasteiger partial charge in [0.25, 0.3) is 0 Å². The van der Waals surface area contributed by atoms with Gasteiger partial charge in [0, 0.05) is 31.0 Å². The molecule has 1 saturated carbocycles. The number of rotatable bonds is 2. The van der Waals surface area contributed by atoms with E-state index in [1.807, 2.05) is 6.92 Å². The molecule has 0 amide bonds. The Morgan fingerprint density at radius 3 is 2.72 bits per heavy atom. The minimum Gasteiger partial charge on any atom is -0.411 e. The van der Waals surface area contributed by atoms with Gasteiger partial charge in [-0.3, -0.25) is 4.90 Å². The van der Waals surface area contributed by atoms with Crippen molar-refractivity contribution in [1.82, 2.24) is 4.90 Å². The number of morpholine rings is 1. The molecule has 0 aromatic rings. The molecule has 2 rings (SSSR count). The lowest BCUT2D eigenvalue weighted by molar-refractivity contribution is 0.0119. The fourth-order valence-corrected chi connectivity index (χ4v) is 3.02. The molecule has 4 heteroatoms. The van der Waals surface area contributed by atoms with Gasteiger partial charge >= 0.3 is 0 Å². The Labute approximate surface area is 109 Å². The van der Waals surface area contributed by atoms with E-state index in [1.54, 1.807) is 0 Å². The molecule has 2 atom stereocenters. The molecule has 4 nitrogen and oxygen atoms in total. The van der Waals surface area contributed by atoms with Crippen molar-refractivity contribution >= 4 is 5.71 Å². The van der Waals surface area contributed by atoms with E-state index in [0.29, 0.717) is 6.04 Å². The van der Waals surface area contributed by atoms with Crippen molar-refractivity contribution in [3.8, 4) is 0 Å². The Kier molecular flexibility index (Phi) is 4.07. The number of allylic oxidation sites excluding steroid dienone is 1. The minimum atomic E-state index is -0.127. The van der Waals surface area contributed by atoms with E-state index in [0.717, 1.165) is 56.9 Å². The summed E-state index contributed by atoms with van der Waals surface area (Å²) in [4.78, 5) is 2.46. The molecule has 2 fully saturated rings. The lowest BCUT2D eigenvalue weighted by Gasteiger charge is -2.43. The first-order chi connectivity index (χ1) is 8.58. The van der Waals surface area contributed by atoms with E-state index in [1.165, 1.54) is 0 Å². The Balaban J connectivity index is 2.07. The first-order valence-corrected chi connectivity index (χ1v) is 6.77. The third-order valence-electron chi connectivity index (χ3n) is 4.67. The fourth-order valence-electron chi connectivity index (χ4n) is 3.02. The van der Waals surface area contributed by atoms with Crippen LogP contribution >= 0.6 is 0 Å². The lowest BCUT2D eigenvalue weighted by atomic mass is 9.68. The molecule has 0 spiro atoms. The van der Waals surface area contributed by atoms with Crippen LogP contribution in [0.4, 0.5) is 0 Å². The zero-order valence-electron chi connectivity index (χ0n) is 11.5. The number of nitrogens with zero attached hydrogens (tertiary/aromatic N) is 2. The molecular weight excluding hydrogens is 228 g/mol. The first kappa shape index (κ1) is 13.6. The van der Waals surface area contributed by atoms with E-state index < -0.39 is 0 Å². The van der Waals surface area contributed by atoms with Gasteiger partial charge in [0.1, 0.15) is 0 Å². The summed E-state index contributed by atoms with van der Waals surface area (Å²) in [6.07, 6.45) is 3.01. The van der Waals surface area contributed by atoms with E-state index in [4.69, 9.17) is 4.74 Å². The predicted molar refractivity (Wildman–Crippen MR) is 72.2 cm³/mol. The molecule has 2 aliphatic rings. The smallest absolute Gasteiger partial charge is 0.0685 e. The van der Waals surface area contributed by atoms with Crippen LogP contribution in [-0.2, 0) is 4.74 Å². The molecule has 2 unspecified atom stereocenters. The van der Waals surface area contributed by atoms with Crippen molar-refractivity contribution in [2.75, 3.05) is 26.3 Å². The highest BCUT2D eigenvalue weighted by Gasteiger charge is 2.40. The average molecular weight is 252 g/mol. The predicted octanol–water partition coefficient (Wildman–Crippen LogP) is 2.28. The summed E-state index contributed by atoms with van der Waals surface area (Å²) in [5, 5.41) is 12.9. The van der Waals surface area contributed by atoms with Crippen molar-refractivity contribution in [2.24, 2.45) is 10.6 Å². The molecule has 0 radical (unpaired) electrons. The second-order valence-electron chi connectivity index (χ2n) is 5.70. The minimum absolute atomic E-state index is 0.127. The molecule has 1 heterocycles. The monoisotopic (exact) mass is 252 g/mol. The third-order valence-corrected chi connectivity index (χ3v) is 4.67. The van der Waals surface area contributed by atoms with E-state index in [2.05, 4.69) is 23.6 Å². The quantitative estimate of drug-likeness (QED) is 0.466. The number of hydrogen-bond donors (Lipinski definition) is 1. The van der Waals surface area contributed by atoms with Gasteiger partial charge in [0.15, 0.2) is 0 Å². The highest BCUT2D eigenvalue weighted by atomic mass is 16.5. The standard InChI is InChI=1S/C14H24N2O2/c1-11(2)14(3)5-4-12(10-13(14)15-17)16-6-8-18-9-7-16/h12,17H,1,4-10H2,2-3H3/b15-13+. The van der Waals surface area contributed by atoms with E-state index in [9.17, 15) is 5.21 Å². The van der Waals surface area contributed by atoms with Crippen molar-refractivity contribution in [3.05, 3.63) is 12.2 Å². The first-order valence-electron chi connectivity index (χ1n) is 6.77. The molecule has 0 bridgehead atoms. The van der Waals surface area contributed by atoms with Crippen LogP contribution in [-0.4, -0.2) is 48.2 Å². The topological polar surface area (TPSA) is 45.1 Å². The van der Waals surface area contributed by atoms with Crippen molar-refractivity contribution < 1.29 is 9.94 Å². The SMILES string of the molecule is C=C(C)C1(C)CCC(N2CCOCC2)C/C1=N\O. The van der Waals surface area contributed by atoms with Gasteiger partial charge in [0.05, 0.1) is 18.9 Å². The van der Waals surface area contributed by atoms with Crippen LogP contribution in [0.15, 0.2) is 17.3 Å². The molecule has 0 aromatic carbocycles. The molecular formula is C14H24N2O2. The third kappa shape index (κ3) is 2.45. The molecule has 1 aliphatic heterocycles. The Hall–Kier alpha value is -0.870. The van der Waals surface area contributed by atoms with Crippen LogP contribution in [0.5, 0.6) is 0 Å². The Bertz CT molecular complexity index is 348. The van der Waals surface area contributed by atoms with Crippen molar-refractivity contribution in [3.63, 3.8) is 0 Å². The summed E-state index contributed by atoms with van der Waals surface area (Å²) >= 11 is 0. The summed E-state index contributed by atoms with van der Waals surface area (Å²) in [6.45, 7) is 11.9. The zero-order chi connectivity index (χ0) is 13.2. The van der Waals surface area contributed by atoms with Gasteiger partial charge in [-0.25, -0.2) is 0 Å². The second kappa shape index (κ2) is 5.41. The fraction of sp³-hybridized carbons (Fsp3) is 0.786. The highest BCUT2D eigenvalue weighted by molar-refractivity contribution is 5.93. The number of hydrogen-bond acceptors (Lipinski definition) is 4. The zero-order valence-corrected chi connectivity index (χ0v) is 11.5. The Morgan fingerprint density at radius 2 is 2.17 bits per heavy atom. The van der Waals surface area contributed by atoms with Gasteiger partial charge in [0.2, 0.25) is 0 Å². The van der Waals surface area contributed by atoms with Crippen molar-refractivity contribution in [1.29, 1.82) is 0 Å². The largest absolute Gasteiger partial charge is 0.411 e. The van der Waals surface area contributed by atoms with Gasteiger partial charge in [-0.05, 0) is 19.8 Å². The maximum absolute atomic E-state index is 9.30. The van der Waals surface area contributed by atoms with E-state index >= 15 is 0 Å². The van der Waals surface area contributed by atoms with Crippen LogP contribution in [0.2, 0.25) is 0 Å². The normalized spacial score (nSPS) is 36.8. The van der Waals surface area contributed by atoms with Crippen LogP contribution in [0.25, 0.3) is 0 Å². The van der Waals surface area contributed by atoms with Gasteiger partial charge in [-0.2, -0.15) is 0 Å². The molecule has 1 saturated heterocycles. The second-order valence-corrected chi connectivity index (χ2v) is 5.70. The van der Waals surface area contributed by atoms with E-state index in [-0.39, 0.29) is 5.41 Å². The summed E-state index contributed by atoms with van der Waals surface area (Å²) in [5.74, 6) is 0. The molecule has 0 aromatic heterocycles. The molecule has 1 N–H and O–H groups in total. The van der Waals surface area contributed by atoms with Crippen LogP contribution in [0.3, 0.4) is 0 Å². The summed E-state index contributed by atoms with van der Waals surface area (Å²) in [5.41, 5.74) is 1.85. The summed E-state index contributed by atoms with van der Waals surface area (Å²) in [7, 11) is 0. The number of ether oxygens (including phenoxy) is 1. The number of oxime groups is 1. The average Bonchev–Trinajstić information content (AvgIpc) is 2.40. The van der Waals surface area contributed by atoms with Gasteiger partial charge < -0.3 is 9.94 Å². The van der Waals surface area contributed by atoms with Gasteiger partial charge in [-0.15, -0.1) is 0 Å². The molecule has 18 heavy (non-hydrogen) atoms. The Morgan fingerprint density at radius 1 is 1.50 bits per heavy atom. The van der Waals surface area contributed by atoms with Crippen LogP contribution in [0.1, 0.15) is 33.1 Å². The van der Waals surface area contributed by atoms with Gasteiger partial charge in [-0.1, -0.05) is 24.2 Å². The van der Waals surface area contributed by atoms with Crippen LogP contribution < -0.4 is 0 Å². The van der Waals surface area contributed by atoms with Crippen molar-refractivity contribution in [2.45, 2.75) is 39.2 Å². The van der Waals surface area contributed by atoms with Crippen LogP contribution in [0, 0.1) is 5.41 Å².